The van der Waals surface area contributed by atoms with Crippen molar-refractivity contribution < 1.29 is 9.59 Å². The van der Waals surface area contributed by atoms with Crippen LogP contribution in [0.2, 0.25) is 0 Å². The van der Waals surface area contributed by atoms with Crippen molar-refractivity contribution in [3.8, 4) is 0 Å². The fraction of sp³-hybridized carbons (Fsp3) is 0.647. The Kier molecular flexibility index (Phi) is 4.52. The SMILES string of the molecule is C[C@@H]1CCCN(C(=O)[C@H]2CCC(=O)N(C)[C@@H]2c2cccs2)C1. The van der Waals surface area contributed by atoms with Crippen molar-refractivity contribution >= 4 is 23.2 Å². The number of nitrogens with zero attached hydrogens (tertiary/aromatic N) is 2. The molecule has 2 aliphatic heterocycles. The molecule has 3 rings (SSSR count). The van der Waals surface area contributed by atoms with Gasteiger partial charge < -0.3 is 9.80 Å². The predicted octanol–water partition coefficient (Wildman–Crippen LogP) is 2.92. The number of thiophene rings is 1. The first kappa shape index (κ1) is 15.5. The summed E-state index contributed by atoms with van der Waals surface area (Å²) in [5, 5.41) is 2.02. The molecule has 0 aliphatic carbocycles. The predicted molar refractivity (Wildman–Crippen MR) is 87.5 cm³/mol. The van der Waals surface area contributed by atoms with Crippen molar-refractivity contribution in [1.29, 1.82) is 0 Å². The van der Waals surface area contributed by atoms with Gasteiger partial charge in [-0.15, -0.1) is 11.3 Å². The van der Waals surface area contributed by atoms with Crippen LogP contribution < -0.4 is 0 Å². The Morgan fingerprint density at radius 1 is 1.36 bits per heavy atom. The van der Waals surface area contributed by atoms with E-state index in [0.29, 0.717) is 18.8 Å². The van der Waals surface area contributed by atoms with Crippen molar-refractivity contribution in [3.05, 3.63) is 22.4 Å². The van der Waals surface area contributed by atoms with Crippen molar-refractivity contribution in [2.24, 2.45) is 11.8 Å². The lowest BCUT2D eigenvalue weighted by molar-refractivity contribution is -0.147. The molecule has 3 atom stereocenters. The summed E-state index contributed by atoms with van der Waals surface area (Å²) in [7, 11) is 1.84. The molecule has 0 saturated carbocycles. The molecule has 0 unspecified atom stereocenters. The van der Waals surface area contributed by atoms with Crippen LogP contribution in [-0.2, 0) is 9.59 Å². The van der Waals surface area contributed by atoms with Crippen LogP contribution in [0.4, 0.5) is 0 Å². The number of amides is 2. The van der Waals surface area contributed by atoms with Crippen molar-refractivity contribution in [3.63, 3.8) is 0 Å². The Bertz CT molecular complexity index is 543. The fourth-order valence-corrected chi connectivity index (χ4v) is 4.70. The van der Waals surface area contributed by atoms with E-state index in [0.717, 1.165) is 24.4 Å². The molecule has 120 valence electrons. The average molecular weight is 320 g/mol. The minimum Gasteiger partial charge on any atom is -0.342 e. The molecule has 1 aromatic heterocycles. The Morgan fingerprint density at radius 3 is 2.86 bits per heavy atom. The molecule has 2 fully saturated rings. The van der Waals surface area contributed by atoms with Gasteiger partial charge in [-0.05, 0) is 36.6 Å². The summed E-state index contributed by atoms with van der Waals surface area (Å²) in [5.41, 5.74) is 0. The van der Waals surface area contributed by atoms with Gasteiger partial charge in [-0.25, -0.2) is 0 Å². The second-order valence-electron chi connectivity index (χ2n) is 6.64. The van der Waals surface area contributed by atoms with E-state index in [-0.39, 0.29) is 23.8 Å². The lowest BCUT2D eigenvalue weighted by atomic mass is 9.86. The van der Waals surface area contributed by atoms with Gasteiger partial charge in [0.15, 0.2) is 0 Å². The fourth-order valence-electron chi connectivity index (χ4n) is 3.77. The molecule has 0 aromatic carbocycles. The van der Waals surface area contributed by atoms with Gasteiger partial charge in [0.05, 0.1) is 12.0 Å². The summed E-state index contributed by atoms with van der Waals surface area (Å²) < 4.78 is 0. The second-order valence-corrected chi connectivity index (χ2v) is 7.62. The van der Waals surface area contributed by atoms with Gasteiger partial charge in [-0.1, -0.05) is 13.0 Å². The molecular weight excluding hydrogens is 296 g/mol. The number of hydrogen-bond acceptors (Lipinski definition) is 3. The van der Waals surface area contributed by atoms with Gasteiger partial charge in [0.2, 0.25) is 11.8 Å². The number of piperidine rings is 2. The molecule has 22 heavy (non-hydrogen) atoms. The van der Waals surface area contributed by atoms with E-state index in [2.05, 4.69) is 6.92 Å². The van der Waals surface area contributed by atoms with Gasteiger partial charge in [-0.3, -0.25) is 9.59 Å². The van der Waals surface area contributed by atoms with Gasteiger partial charge in [0, 0.05) is 31.4 Å². The van der Waals surface area contributed by atoms with Gasteiger partial charge in [0.1, 0.15) is 0 Å². The maximum atomic E-state index is 13.0. The number of hydrogen-bond donors (Lipinski definition) is 0. The number of rotatable bonds is 2. The monoisotopic (exact) mass is 320 g/mol. The largest absolute Gasteiger partial charge is 0.342 e. The highest BCUT2D eigenvalue weighted by molar-refractivity contribution is 7.10. The third kappa shape index (κ3) is 2.91. The molecule has 0 N–H and O–H groups in total. The van der Waals surface area contributed by atoms with Gasteiger partial charge in [-0.2, -0.15) is 0 Å². The minimum absolute atomic E-state index is 0.0911. The first-order chi connectivity index (χ1) is 10.6. The number of likely N-dealkylation sites (tertiary alicyclic amines) is 2. The van der Waals surface area contributed by atoms with Crippen LogP contribution in [0.5, 0.6) is 0 Å². The molecule has 2 saturated heterocycles. The van der Waals surface area contributed by atoms with Crippen LogP contribution >= 0.6 is 11.3 Å². The molecule has 0 spiro atoms. The Labute approximate surface area is 136 Å². The number of carbonyl (C=O) groups excluding carboxylic acids is 2. The van der Waals surface area contributed by atoms with Gasteiger partial charge >= 0.3 is 0 Å². The second kappa shape index (κ2) is 6.41. The third-order valence-corrected chi connectivity index (χ3v) is 5.92. The zero-order chi connectivity index (χ0) is 15.7. The van der Waals surface area contributed by atoms with E-state index >= 15 is 0 Å². The van der Waals surface area contributed by atoms with Crippen LogP contribution in [-0.4, -0.2) is 41.8 Å². The lowest BCUT2D eigenvalue weighted by Crippen LogP contribution is -2.49. The summed E-state index contributed by atoms with van der Waals surface area (Å²) in [5.74, 6) is 0.881. The maximum absolute atomic E-state index is 13.0. The third-order valence-electron chi connectivity index (χ3n) is 4.98. The first-order valence-electron chi connectivity index (χ1n) is 8.15. The summed E-state index contributed by atoms with van der Waals surface area (Å²) in [6.07, 6.45) is 3.47. The molecule has 3 heterocycles. The highest BCUT2D eigenvalue weighted by atomic mass is 32.1. The lowest BCUT2D eigenvalue weighted by Gasteiger charge is -2.41. The van der Waals surface area contributed by atoms with E-state index in [4.69, 9.17) is 0 Å². The smallest absolute Gasteiger partial charge is 0.228 e. The van der Waals surface area contributed by atoms with Crippen LogP contribution in [0.1, 0.15) is 43.5 Å². The zero-order valence-electron chi connectivity index (χ0n) is 13.3. The normalized spacial score (nSPS) is 29.7. The van der Waals surface area contributed by atoms with Crippen LogP contribution in [0.25, 0.3) is 0 Å². The van der Waals surface area contributed by atoms with E-state index in [1.807, 2.05) is 29.5 Å². The van der Waals surface area contributed by atoms with Gasteiger partial charge in [0.25, 0.3) is 0 Å². The summed E-state index contributed by atoms with van der Waals surface area (Å²) >= 11 is 1.64. The highest BCUT2D eigenvalue weighted by Gasteiger charge is 2.41. The van der Waals surface area contributed by atoms with Crippen LogP contribution in [0.3, 0.4) is 0 Å². The quantitative estimate of drug-likeness (QED) is 0.840. The number of carbonyl (C=O) groups is 2. The summed E-state index contributed by atoms with van der Waals surface area (Å²) in [6.45, 7) is 3.95. The molecule has 1 aromatic rings. The zero-order valence-corrected chi connectivity index (χ0v) is 14.1. The molecule has 2 amide bonds. The van der Waals surface area contributed by atoms with Crippen LogP contribution in [0.15, 0.2) is 17.5 Å². The van der Waals surface area contributed by atoms with E-state index < -0.39 is 0 Å². The Morgan fingerprint density at radius 2 is 2.18 bits per heavy atom. The standard InChI is InChI=1S/C17H24N2O2S/c1-12-5-3-9-19(11-12)17(21)13-7-8-15(20)18(2)16(13)14-6-4-10-22-14/h4,6,10,12-13,16H,3,5,7-9,11H2,1-2H3/t12-,13+,16+/m1/s1. The van der Waals surface area contributed by atoms with E-state index in [9.17, 15) is 9.59 Å². The molecule has 0 radical (unpaired) electrons. The summed E-state index contributed by atoms with van der Waals surface area (Å²) in [6, 6.07) is 3.95. The van der Waals surface area contributed by atoms with E-state index in [1.165, 1.54) is 6.42 Å². The molecular formula is C17H24N2O2S. The molecule has 2 aliphatic rings. The highest BCUT2D eigenvalue weighted by Crippen LogP contribution is 2.39. The van der Waals surface area contributed by atoms with Crippen molar-refractivity contribution in [2.75, 3.05) is 20.1 Å². The van der Waals surface area contributed by atoms with Crippen molar-refractivity contribution in [1.82, 2.24) is 9.80 Å². The topological polar surface area (TPSA) is 40.6 Å². The Hall–Kier alpha value is -1.36. The Balaban J connectivity index is 1.83. The molecule has 4 nitrogen and oxygen atoms in total. The summed E-state index contributed by atoms with van der Waals surface area (Å²) in [4.78, 5) is 30.1. The van der Waals surface area contributed by atoms with Crippen molar-refractivity contribution in [2.45, 2.75) is 38.6 Å². The maximum Gasteiger partial charge on any atom is 0.228 e. The first-order valence-corrected chi connectivity index (χ1v) is 9.03. The molecule has 5 heteroatoms. The minimum atomic E-state index is -0.0917. The molecule has 0 bridgehead atoms. The average Bonchev–Trinajstić information content (AvgIpc) is 3.03. The van der Waals surface area contributed by atoms with Crippen LogP contribution in [0, 0.1) is 11.8 Å². The van der Waals surface area contributed by atoms with E-state index in [1.54, 1.807) is 16.2 Å².